The number of carbonyl (C=O) groups excluding carboxylic acids is 1. The van der Waals surface area contributed by atoms with E-state index >= 15 is 0 Å². The predicted molar refractivity (Wildman–Crippen MR) is 82.9 cm³/mol. The quantitative estimate of drug-likeness (QED) is 0.779. The summed E-state index contributed by atoms with van der Waals surface area (Å²) in [5, 5.41) is 3.71. The van der Waals surface area contributed by atoms with E-state index in [2.05, 4.69) is 26.1 Å². The maximum atomic E-state index is 11.6. The van der Waals surface area contributed by atoms with Crippen LogP contribution in [0.1, 0.15) is 59.8 Å². The molecule has 0 bridgehead atoms. The standard InChI is InChI=1S/C16H32N2O2/c1-5-20-16(19)18-11-9-15(10-12-18)17-14(4)8-6-7-13(2)3/h13-15,17H,5-12H2,1-4H3. The first-order chi connectivity index (χ1) is 9.52. The van der Waals surface area contributed by atoms with Gasteiger partial charge >= 0.3 is 6.09 Å². The summed E-state index contributed by atoms with van der Waals surface area (Å²) in [5.74, 6) is 0.801. The number of hydrogen-bond donors (Lipinski definition) is 1. The van der Waals surface area contributed by atoms with E-state index in [1.165, 1.54) is 19.3 Å². The summed E-state index contributed by atoms with van der Waals surface area (Å²) in [6.07, 6.45) is 5.77. The fourth-order valence-electron chi connectivity index (χ4n) is 2.76. The molecule has 1 aliphatic rings. The number of nitrogens with zero attached hydrogens (tertiary/aromatic N) is 1. The van der Waals surface area contributed by atoms with Crippen molar-refractivity contribution in [2.24, 2.45) is 5.92 Å². The summed E-state index contributed by atoms with van der Waals surface area (Å²) in [7, 11) is 0. The highest BCUT2D eigenvalue weighted by molar-refractivity contribution is 5.67. The van der Waals surface area contributed by atoms with Crippen LogP contribution in [0.3, 0.4) is 0 Å². The number of hydrogen-bond acceptors (Lipinski definition) is 3. The van der Waals surface area contributed by atoms with Gasteiger partial charge in [0.05, 0.1) is 6.61 Å². The third kappa shape index (κ3) is 6.60. The molecule has 0 saturated carbocycles. The summed E-state index contributed by atoms with van der Waals surface area (Å²) >= 11 is 0. The topological polar surface area (TPSA) is 41.6 Å². The first kappa shape index (κ1) is 17.3. The van der Waals surface area contributed by atoms with Crippen LogP contribution in [0.4, 0.5) is 4.79 Å². The number of likely N-dealkylation sites (tertiary alicyclic amines) is 1. The molecule has 1 N–H and O–H groups in total. The molecule has 20 heavy (non-hydrogen) atoms. The Labute approximate surface area is 124 Å². The van der Waals surface area contributed by atoms with Gasteiger partial charge in [0.2, 0.25) is 0 Å². The van der Waals surface area contributed by atoms with Crippen molar-refractivity contribution in [3.05, 3.63) is 0 Å². The lowest BCUT2D eigenvalue weighted by Crippen LogP contribution is -2.47. The number of carbonyl (C=O) groups is 1. The van der Waals surface area contributed by atoms with Crippen LogP contribution in [0.15, 0.2) is 0 Å². The van der Waals surface area contributed by atoms with Crippen molar-refractivity contribution in [1.82, 2.24) is 10.2 Å². The lowest BCUT2D eigenvalue weighted by atomic mass is 10.0. The number of amides is 1. The van der Waals surface area contributed by atoms with Crippen LogP contribution in [-0.4, -0.2) is 42.8 Å². The minimum Gasteiger partial charge on any atom is -0.450 e. The third-order valence-corrected chi connectivity index (χ3v) is 3.96. The molecule has 0 radical (unpaired) electrons. The molecule has 0 aromatic heterocycles. The van der Waals surface area contributed by atoms with Crippen LogP contribution in [0, 0.1) is 5.92 Å². The normalized spacial score (nSPS) is 18.4. The molecule has 4 nitrogen and oxygen atoms in total. The van der Waals surface area contributed by atoms with Crippen LogP contribution >= 0.6 is 0 Å². The SMILES string of the molecule is CCOC(=O)N1CCC(NC(C)CCCC(C)C)CC1. The Morgan fingerprint density at radius 2 is 1.90 bits per heavy atom. The van der Waals surface area contributed by atoms with E-state index in [9.17, 15) is 4.79 Å². The van der Waals surface area contributed by atoms with Crippen molar-refractivity contribution in [3.63, 3.8) is 0 Å². The summed E-state index contributed by atoms with van der Waals surface area (Å²) in [5.41, 5.74) is 0. The van der Waals surface area contributed by atoms with Crippen molar-refractivity contribution >= 4 is 6.09 Å². The van der Waals surface area contributed by atoms with Gasteiger partial charge in [0.1, 0.15) is 0 Å². The minimum absolute atomic E-state index is 0.157. The zero-order chi connectivity index (χ0) is 15.0. The molecule has 0 aliphatic carbocycles. The van der Waals surface area contributed by atoms with Crippen molar-refractivity contribution in [1.29, 1.82) is 0 Å². The Morgan fingerprint density at radius 3 is 2.45 bits per heavy atom. The average Bonchev–Trinajstić information content (AvgIpc) is 2.39. The van der Waals surface area contributed by atoms with Gasteiger partial charge < -0.3 is 15.0 Å². The van der Waals surface area contributed by atoms with E-state index in [1.54, 1.807) is 0 Å². The van der Waals surface area contributed by atoms with Gasteiger partial charge in [-0.3, -0.25) is 0 Å². The van der Waals surface area contributed by atoms with Crippen LogP contribution in [0.25, 0.3) is 0 Å². The molecule has 0 aromatic carbocycles. The van der Waals surface area contributed by atoms with Gasteiger partial charge in [-0.15, -0.1) is 0 Å². The second-order valence-corrected chi connectivity index (χ2v) is 6.35. The highest BCUT2D eigenvalue weighted by atomic mass is 16.6. The maximum absolute atomic E-state index is 11.6. The van der Waals surface area contributed by atoms with Gasteiger partial charge in [-0.05, 0) is 39.0 Å². The van der Waals surface area contributed by atoms with E-state index in [1.807, 2.05) is 11.8 Å². The molecule has 1 amide bonds. The highest BCUT2D eigenvalue weighted by Crippen LogP contribution is 2.14. The summed E-state index contributed by atoms with van der Waals surface area (Å²) in [4.78, 5) is 13.4. The van der Waals surface area contributed by atoms with Gasteiger partial charge in [0.15, 0.2) is 0 Å². The largest absolute Gasteiger partial charge is 0.450 e. The van der Waals surface area contributed by atoms with Gasteiger partial charge in [0, 0.05) is 25.2 Å². The first-order valence-corrected chi connectivity index (χ1v) is 8.20. The average molecular weight is 284 g/mol. The molecular formula is C16H32N2O2. The van der Waals surface area contributed by atoms with Gasteiger partial charge in [-0.1, -0.05) is 26.7 Å². The van der Waals surface area contributed by atoms with Crippen molar-refractivity contribution in [2.75, 3.05) is 19.7 Å². The van der Waals surface area contributed by atoms with E-state index in [0.29, 0.717) is 18.7 Å². The zero-order valence-corrected chi connectivity index (χ0v) is 13.7. The highest BCUT2D eigenvalue weighted by Gasteiger charge is 2.24. The second-order valence-electron chi connectivity index (χ2n) is 6.35. The smallest absolute Gasteiger partial charge is 0.409 e. The molecule has 1 atom stereocenters. The molecule has 1 heterocycles. The van der Waals surface area contributed by atoms with Gasteiger partial charge in [-0.2, -0.15) is 0 Å². The molecule has 0 spiro atoms. The fraction of sp³-hybridized carbons (Fsp3) is 0.938. The third-order valence-electron chi connectivity index (χ3n) is 3.96. The lowest BCUT2D eigenvalue weighted by molar-refractivity contribution is 0.0942. The number of piperidine rings is 1. The molecule has 0 aromatic rings. The Morgan fingerprint density at radius 1 is 1.25 bits per heavy atom. The Kier molecular flexibility index (Phi) is 7.97. The van der Waals surface area contributed by atoms with Crippen molar-refractivity contribution in [3.8, 4) is 0 Å². The van der Waals surface area contributed by atoms with E-state index in [0.717, 1.165) is 31.8 Å². The van der Waals surface area contributed by atoms with E-state index in [-0.39, 0.29) is 6.09 Å². The molecule has 4 heteroatoms. The van der Waals surface area contributed by atoms with E-state index in [4.69, 9.17) is 4.74 Å². The Balaban J connectivity index is 2.16. The van der Waals surface area contributed by atoms with Crippen LogP contribution in [0.2, 0.25) is 0 Å². The Hall–Kier alpha value is -0.770. The summed E-state index contributed by atoms with van der Waals surface area (Å²) < 4.78 is 5.04. The number of ether oxygens (including phenoxy) is 1. The van der Waals surface area contributed by atoms with Crippen LogP contribution < -0.4 is 5.32 Å². The number of nitrogens with one attached hydrogen (secondary N) is 1. The zero-order valence-electron chi connectivity index (χ0n) is 13.7. The van der Waals surface area contributed by atoms with Gasteiger partial charge in [-0.25, -0.2) is 4.79 Å². The lowest BCUT2D eigenvalue weighted by Gasteiger charge is -2.33. The predicted octanol–water partition coefficient (Wildman–Crippen LogP) is 3.41. The minimum atomic E-state index is -0.157. The molecule has 1 unspecified atom stereocenters. The molecule has 118 valence electrons. The first-order valence-electron chi connectivity index (χ1n) is 8.20. The molecule has 1 saturated heterocycles. The molecule has 1 fully saturated rings. The van der Waals surface area contributed by atoms with Crippen LogP contribution in [-0.2, 0) is 4.74 Å². The van der Waals surface area contributed by atoms with Crippen LogP contribution in [0.5, 0.6) is 0 Å². The fourth-order valence-corrected chi connectivity index (χ4v) is 2.76. The molecular weight excluding hydrogens is 252 g/mol. The number of rotatable bonds is 7. The molecule has 1 aliphatic heterocycles. The summed E-state index contributed by atoms with van der Waals surface area (Å²) in [6.45, 7) is 10.8. The monoisotopic (exact) mass is 284 g/mol. The van der Waals surface area contributed by atoms with Crippen molar-refractivity contribution in [2.45, 2.75) is 71.9 Å². The van der Waals surface area contributed by atoms with E-state index < -0.39 is 0 Å². The van der Waals surface area contributed by atoms with Crippen molar-refractivity contribution < 1.29 is 9.53 Å². The Bertz CT molecular complexity index is 274. The summed E-state index contributed by atoms with van der Waals surface area (Å²) in [6, 6.07) is 1.13. The molecule has 1 rings (SSSR count). The maximum Gasteiger partial charge on any atom is 0.409 e. The second kappa shape index (κ2) is 9.22. The van der Waals surface area contributed by atoms with Gasteiger partial charge in [0.25, 0.3) is 0 Å².